The van der Waals surface area contributed by atoms with Gasteiger partial charge in [-0.2, -0.15) is 0 Å². The van der Waals surface area contributed by atoms with E-state index in [9.17, 15) is 0 Å². The number of benzene rings is 4. The molecular formula is C29H28N2S. The summed E-state index contributed by atoms with van der Waals surface area (Å²) in [5.41, 5.74) is 4.93. The highest BCUT2D eigenvalue weighted by Crippen LogP contribution is 2.28. The molecule has 0 fully saturated rings. The SMILES string of the molecule is S=C(Nc1ccccc1)N(CCC(c1ccccc1)c1ccccc1)Cc1ccccc1. The number of nitrogens with one attached hydrogen (secondary N) is 1. The molecule has 0 heterocycles. The van der Waals surface area contributed by atoms with Crippen LogP contribution in [-0.2, 0) is 6.54 Å². The van der Waals surface area contributed by atoms with Gasteiger partial charge in [0.2, 0.25) is 0 Å². The molecule has 0 saturated carbocycles. The zero-order chi connectivity index (χ0) is 22.0. The molecule has 0 unspecified atom stereocenters. The Labute approximate surface area is 196 Å². The van der Waals surface area contributed by atoms with E-state index in [4.69, 9.17) is 12.2 Å². The van der Waals surface area contributed by atoms with Crippen LogP contribution in [0.15, 0.2) is 121 Å². The second-order valence-corrected chi connectivity index (χ2v) is 8.25. The van der Waals surface area contributed by atoms with Crippen LogP contribution in [0.5, 0.6) is 0 Å². The van der Waals surface area contributed by atoms with Crippen LogP contribution in [0.1, 0.15) is 29.0 Å². The van der Waals surface area contributed by atoms with Gasteiger partial charge < -0.3 is 10.2 Å². The number of thiocarbonyl (C=S) groups is 1. The van der Waals surface area contributed by atoms with Crippen LogP contribution in [0.4, 0.5) is 5.69 Å². The summed E-state index contributed by atoms with van der Waals surface area (Å²) in [5.74, 6) is 0.315. The van der Waals surface area contributed by atoms with Crippen LogP contribution in [0.2, 0.25) is 0 Å². The smallest absolute Gasteiger partial charge is 0.173 e. The Kier molecular flexibility index (Phi) is 7.67. The molecule has 0 atom stereocenters. The Morgan fingerprint density at radius 3 is 1.66 bits per heavy atom. The first-order valence-corrected chi connectivity index (χ1v) is 11.5. The van der Waals surface area contributed by atoms with E-state index < -0.39 is 0 Å². The highest BCUT2D eigenvalue weighted by molar-refractivity contribution is 7.80. The molecule has 160 valence electrons. The van der Waals surface area contributed by atoms with E-state index in [1.54, 1.807) is 0 Å². The zero-order valence-electron chi connectivity index (χ0n) is 18.1. The predicted molar refractivity (Wildman–Crippen MR) is 139 cm³/mol. The van der Waals surface area contributed by atoms with Gasteiger partial charge in [-0.1, -0.05) is 109 Å². The number of para-hydroxylation sites is 1. The van der Waals surface area contributed by atoms with Crippen LogP contribution in [0, 0.1) is 0 Å². The van der Waals surface area contributed by atoms with Gasteiger partial charge in [-0.15, -0.1) is 0 Å². The fraction of sp³-hybridized carbons (Fsp3) is 0.138. The van der Waals surface area contributed by atoms with E-state index in [-0.39, 0.29) is 0 Å². The number of hydrogen-bond donors (Lipinski definition) is 1. The van der Waals surface area contributed by atoms with E-state index in [1.165, 1.54) is 16.7 Å². The Bertz CT molecular complexity index is 1040. The van der Waals surface area contributed by atoms with E-state index in [0.29, 0.717) is 5.92 Å². The molecule has 0 aromatic heterocycles. The van der Waals surface area contributed by atoms with Crippen molar-refractivity contribution in [1.29, 1.82) is 0 Å². The summed E-state index contributed by atoms with van der Waals surface area (Å²) in [5, 5.41) is 4.17. The van der Waals surface area contributed by atoms with Crippen LogP contribution < -0.4 is 5.32 Å². The van der Waals surface area contributed by atoms with Crippen molar-refractivity contribution in [2.24, 2.45) is 0 Å². The minimum atomic E-state index is 0.315. The number of nitrogens with zero attached hydrogens (tertiary/aromatic N) is 1. The average molecular weight is 437 g/mol. The third-order valence-corrected chi connectivity index (χ3v) is 5.98. The Balaban J connectivity index is 1.55. The summed E-state index contributed by atoms with van der Waals surface area (Å²) in [6.07, 6.45) is 0.970. The van der Waals surface area contributed by atoms with Crippen LogP contribution in [0.25, 0.3) is 0 Å². The molecule has 4 aromatic carbocycles. The van der Waals surface area contributed by atoms with Gasteiger partial charge in [0.15, 0.2) is 5.11 Å². The van der Waals surface area contributed by atoms with E-state index in [0.717, 1.165) is 30.3 Å². The fourth-order valence-corrected chi connectivity index (χ4v) is 4.24. The molecule has 0 aliphatic heterocycles. The number of rotatable bonds is 8. The lowest BCUT2D eigenvalue weighted by Crippen LogP contribution is -2.35. The van der Waals surface area contributed by atoms with Crippen LogP contribution in [-0.4, -0.2) is 16.6 Å². The Hall–Kier alpha value is -3.43. The largest absolute Gasteiger partial charge is 0.345 e. The van der Waals surface area contributed by atoms with Gasteiger partial charge in [0.25, 0.3) is 0 Å². The van der Waals surface area contributed by atoms with E-state index in [1.807, 2.05) is 30.3 Å². The highest BCUT2D eigenvalue weighted by atomic mass is 32.1. The molecule has 0 amide bonds. The van der Waals surface area contributed by atoms with Crippen LogP contribution >= 0.6 is 12.2 Å². The number of hydrogen-bond acceptors (Lipinski definition) is 1. The second kappa shape index (κ2) is 11.3. The summed E-state index contributed by atoms with van der Waals surface area (Å²) in [4.78, 5) is 2.27. The summed E-state index contributed by atoms with van der Waals surface area (Å²) in [6.45, 7) is 1.62. The molecular weight excluding hydrogens is 408 g/mol. The number of anilines is 1. The molecule has 1 N–H and O–H groups in total. The first-order valence-electron chi connectivity index (χ1n) is 11.0. The molecule has 4 rings (SSSR count). The summed E-state index contributed by atoms with van der Waals surface area (Å²) in [7, 11) is 0. The quantitative estimate of drug-likeness (QED) is 0.296. The van der Waals surface area contributed by atoms with Gasteiger partial charge in [0, 0.05) is 24.7 Å². The van der Waals surface area contributed by atoms with Gasteiger partial charge in [0.05, 0.1) is 0 Å². The maximum absolute atomic E-state index is 5.86. The molecule has 32 heavy (non-hydrogen) atoms. The first kappa shape index (κ1) is 21.8. The molecule has 2 nitrogen and oxygen atoms in total. The topological polar surface area (TPSA) is 15.3 Å². The molecule has 4 aromatic rings. The molecule has 0 radical (unpaired) electrons. The molecule has 3 heteroatoms. The van der Waals surface area contributed by atoms with Crippen LogP contribution in [0.3, 0.4) is 0 Å². The summed E-state index contributed by atoms with van der Waals surface area (Å²) >= 11 is 5.86. The van der Waals surface area contributed by atoms with Gasteiger partial charge in [-0.3, -0.25) is 0 Å². The lowest BCUT2D eigenvalue weighted by molar-refractivity contribution is 0.400. The molecule has 0 aliphatic carbocycles. The lowest BCUT2D eigenvalue weighted by atomic mass is 9.88. The first-order chi connectivity index (χ1) is 15.8. The molecule has 0 bridgehead atoms. The highest BCUT2D eigenvalue weighted by Gasteiger charge is 2.18. The fourth-order valence-electron chi connectivity index (χ4n) is 3.96. The monoisotopic (exact) mass is 436 g/mol. The van der Waals surface area contributed by atoms with Crippen molar-refractivity contribution >= 4 is 23.0 Å². The molecule has 0 saturated heterocycles. The van der Waals surface area contributed by atoms with Crippen molar-refractivity contribution in [3.63, 3.8) is 0 Å². The molecule has 0 aliphatic rings. The third-order valence-electron chi connectivity index (χ3n) is 5.62. The van der Waals surface area contributed by atoms with Gasteiger partial charge in [-0.05, 0) is 47.5 Å². The summed E-state index contributed by atoms with van der Waals surface area (Å²) in [6, 6.07) is 42.2. The van der Waals surface area contributed by atoms with E-state index in [2.05, 4.69) is 101 Å². The van der Waals surface area contributed by atoms with Crippen molar-refractivity contribution < 1.29 is 0 Å². The van der Waals surface area contributed by atoms with Crippen molar-refractivity contribution in [3.05, 3.63) is 138 Å². The van der Waals surface area contributed by atoms with Gasteiger partial charge >= 0.3 is 0 Å². The van der Waals surface area contributed by atoms with Crippen molar-refractivity contribution in [2.45, 2.75) is 18.9 Å². The van der Waals surface area contributed by atoms with Crippen molar-refractivity contribution in [3.8, 4) is 0 Å². The standard InChI is InChI=1S/C29H28N2S/c32-29(30-27-19-11-4-12-20-27)31(23-24-13-5-1-6-14-24)22-21-28(25-15-7-2-8-16-25)26-17-9-3-10-18-26/h1-20,28H,21-23H2,(H,30,32). The second-order valence-electron chi connectivity index (χ2n) is 7.87. The lowest BCUT2D eigenvalue weighted by Gasteiger charge is -2.28. The Morgan fingerprint density at radius 1 is 0.656 bits per heavy atom. The van der Waals surface area contributed by atoms with Gasteiger partial charge in [0.1, 0.15) is 0 Å². The maximum Gasteiger partial charge on any atom is 0.173 e. The predicted octanol–water partition coefficient (Wildman–Crippen LogP) is 7.11. The van der Waals surface area contributed by atoms with Gasteiger partial charge in [-0.25, -0.2) is 0 Å². The normalized spacial score (nSPS) is 10.7. The molecule has 0 spiro atoms. The van der Waals surface area contributed by atoms with E-state index >= 15 is 0 Å². The minimum Gasteiger partial charge on any atom is -0.345 e. The minimum absolute atomic E-state index is 0.315. The Morgan fingerprint density at radius 2 is 1.12 bits per heavy atom. The average Bonchev–Trinajstić information content (AvgIpc) is 2.86. The summed E-state index contributed by atoms with van der Waals surface area (Å²) < 4.78 is 0. The van der Waals surface area contributed by atoms with Crippen molar-refractivity contribution in [2.75, 3.05) is 11.9 Å². The van der Waals surface area contributed by atoms with Crippen molar-refractivity contribution in [1.82, 2.24) is 4.90 Å². The zero-order valence-corrected chi connectivity index (χ0v) is 18.9. The third kappa shape index (κ3) is 6.05. The maximum atomic E-state index is 5.86.